The summed E-state index contributed by atoms with van der Waals surface area (Å²) in [7, 11) is 0. The molecule has 0 aromatic heterocycles. The van der Waals surface area contributed by atoms with E-state index in [-0.39, 0.29) is 6.04 Å². The van der Waals surface area contributed by atoms with Gasteiger partial charge in [0.05, 0.1) is 6.61 Å². The van der Waals surface area contributed by atoms with Crippen molar-refractivity contribution in [3.63, 3.8) is 0 Å². The molecule has 0 aromatic rings. The summed E-state index contributed by atoms with van der Waals surface area (Å²) in [6, 6.07) is 0.858. The van der Waals surface area contributed by atoms with Crippen molar-refractivity contribution in [1.29, 1.82) is 0 Å². The van der Waals surface area contributed by atoms with E-state index in [1.54, 1.807) is 0 Å². The fourth-order valence-corrected chi connectivity index (χ4v) is 2.40. The molecule has 16 heavy (non-hydrogen) atoms. The van der Waals surface area contributed by atoms with Gasteiger partial charge < -0.3 is 15.4 Å². The summed E-state index contributed by atoms with van der Waals surface area (Å²) < 4.78 is 5.34. The lowest BCUT2D eigenvalue weighted by molar-refractivity contribution is 0.132. The van der Waals surface area contributed by atoms with E-state index in [1.807, 2.05) is 6.92 Å². The molecule has 1 aliphatic rings. The molecule has 2 N–H and O–H groups in total. The average molecular weight is 244 g/mol. The third-order valence-corrected chi connectivity index (χ3v) is 3.13. The van der Waals surface area contributed by atoms with Crippen LogP contribution in [0.1, 0.15) is 46.0 Å². The number of hydrogen-bond acceptors (Lipinski definition) is 2. The second-order valence-corrected chi connectivity index (χ2v) is 4.92. The molecule has 1 fully saturated rings. The van der Waals surface area contributed by atoms with Gasteiger partial charge in [0.15, 0.2) is 5.11 Å². The lowest BCUT2D eigenvalue weighted by Crippen LogP contribution is -2.47. The van der Waals surface area contributed by atoms with E-state index in [0.29, 0.717) is 12.6 Å². The highest BCUT2D eigenvalue weighted by molar-refractivity contribution is 7.80. The maximum Gasteiger partial charge on any atom is 0.166 e. The first kappa shape index (κ1) is 13.7. The number of thiocarbonyl (C=S) groups is 1. The van der Waals surface area contributed by atoms with E-state index in [1.165, 1.54) is 32.1 Å². The van der Waals surface area contributed by atoms with Crippen LogP contribution in [0.4, 0.5) is 0 Å². The minimum absolute atomic E-state index is 0.281. The molecule has 0 aromatic carbocycles. The molecular weight excluding hydrogens is 220 g/mol. The van der Waals surface area contributed by atoms with Crippen molar-refractivity contribution in [1.82, 2.24) is 10.6 Å². The van der Waals surface area contributed by atoms with Gasteiger partial charge in [-0.2, -0.15) is 0 Å². The number of ether oxygens (including phenoxy) is 1. The molecule has 1 atom stereocenters. The van der Waals surface area contributed by atoms with Crippen LogP contribution in [0, 0.1) is 0 Å². The Hall–Kier alpha value is -0.350. The van der Waals surface area contributed by atoms with Crippen LogP contribution in [0.5, 0.6) is 0 Å². The van der Waals surface area contributed by atoms with E-state index in [4.69, 9.17) is 17.0 Å². The highest BCUT2D eigenvalue weighted by atomic mass is 32.1. The summed E-state index contributed by atoms with van der Waals surface area (Å²) in [6.07, 6.45) is 6.53. The van der Waals surface area contributed by atoms with Crippen LogP contribution >= 0.6 is 12.2 Å². The van der Waals surface area contributed by atoms with Crippen LogP contribution in [-0.4, -0.2) is 30.4 Å². The Morgan fingerprint density at radius 1 is 1.38 bits per heavy atom. The molecule has 1 aliphatic carbocycles. The van der Waals surface area contributed by atoms with Crippen LogP contribution in [0.15, 0.2) is 0 Å². The summed E-state index contributed by atoms with van der Waals surface area (Å²) in [6.45, 7) is 5.56. The topological polar surface area (TPSA) is 33.3 Å². The molecule has 3 nitrogen and oxygen atoms in total. The lowest BCUT2D eigenvalue weighted by atomic mass is 9.96. The van der Waals surface area contributed by atoms with Crippen LogP contribution in [0.3, 0.4) is 0 Å². The van der Waals surface area contributed by atoms with Crippen molar-refractivity contribution in [3.8, 4) is 0 Å². The van der Waals surface area contributed by atoms with Gasteiger partial charge in [-0.3, -0.25) is 0 Å². The summed E-state index contributed by atoms with van der Waals surface area (Å²) in [4.78, 5) is 0. The minimum Gasteiger partial charge on any atom is -0.380 e. The molecule has 0 radical (unpaired) electrons. The van der Waals surface area contributed by atoms with Gasteiger partial charge >= 0.3 is 0 Å². The molecule has 1 saturated carbocycles. The van der Waals surface area contributed by atoms with E-state index in [9.17, 15) is 0 Å². The average Bonchev–Trinajstić information content (AvgIpc) is 2.27. The largest absolute Gasteiger partial charge is 0.380 e. The number of nitrogens with one attached hydrogen (secondary N) is 2. The van der Waals surface area contributed by atoms with Crippen molar-refractivity contribution in [2.24, 2.45) is 0 Å². The highest BCUT2D eigenvalue weighted by Crippen LogP contribution is 2.17. The van der Waals surface area contributed by atoms with Gasteiger partial charge in [-0.15, -0.1) is 0 Å². The first-order valence-corrected chi connectivity index (χ1v) is 6.78. The van der Waals surface area contributed by atoms with Gasteiger partial charge in [0, 0.05) is 18.7 Å². The van der Waals surface area contributed by atoms with E-state index in [0.717, 1.165) is 11.7 Å². The normalized spacial score (nSPS) is 19.1. The standard InChI is InChI=1S/C12H24N2OS/c1-3-15-9-10(2)13-12(16)14-11-7-5-4-6-8-11/h10-11H,3-9H2,1-2H3,(H2,13,14,16). The van der Waals surface area contributed by atoms with Gasteiger partial charge in [0.1, 0.15) is 0 Å². The van der Waals surface area contributed by atoms with Crippen LogP contribution in [-0.2, 0) is 4.74 Å². The Balaban J connectivity index is 2.13. The third kappa shape index (κ3) is 5.66. The fraction of sp³-hybridized carbons (Fsp3) is 0.917. The van der Waals surface area contributed by atoms with E-state index < -0.39 is 0 Å². The summed E-state index contributed by atoms with van der Waals surface area (Å²) in [5.74, 6) is 0. The summed E-state index contributed by atoms with van der Waals surface area (Å²) in [5, 5.41) is 7.43. The molecule has 0 aliphatic heterocycles. The fourth-order valence-electron chi connectivity index (χ4n) is 2.03. The van der Waals surface area contributed by atoms with Gasteiger partial charge in [-0.1, -0.05) is 19.3 Å². The summed E-state index contributed by atoms with van der Waals surface area (Å²) in [5.41, 5.74) is 0. The molecule has 94 valence electrons. The first-order valence-electron chi connectivity index (χ1n) is 6.37. The van der Waals surface area contributed by atoms with Gasteiger partial charge in [0.2, 0.25) is 0 Å². The first-order chi connectivity index (χ1) is 7.72. The van der Waals surface area contributed by atoms with E-state index >= 15 is 0 Å². The predicted octanol–water partition coefficient (Wildman–Crippen LogP) is 2.21. The molecular formula is C12H24N2OS. The zero-order chi connectivity index (χ0) is 11.8. The van der Waals surface area contributed by atoms with Crippen LogP contribution < -0.4 is 10.6 Å². The van der Waals surface area contributed by atoms with Crippen molar-refractivity contribution >= 4 is 17.3 Å². The molecule has 0 saturated heterocycles. The molecule has 1 unspecified atom stereocenters. The Kier molecular flexibility index (Phi) is 6.73. The zero-order valence-electron chi connectivity index (χ0n) is 10.4. The number of rotatable bonds is 5. The highest BCUT2D eigenvalue weighted by Gasteiger charge is 2.14. The van der Waals surface area contributed by atoms with Gasteiger partial charge in [-0.05, 0) is 38.9 Å². The molecule has 4 heteroatoms. The molecule has 1 rings (SSSR count). The Bertz CT molecular complexity index is 205. The maximum absolute atomic E-state index is 5.34. The van der Waals surface area contributed by atoms with Gasteiger partial charge in [-0.25, -0.2) is 0 Å². The molecule has 0 spiro atoms. The van der Waals surface area contributed by atoms with Crippen LogP contribution in [0.25, 0.3) is 0 Å². The smallest absolute Gasteiger partial charge is 0.166 e. The van der Waals surface area contributed by atoms with Crippen molar-refractivity contribution in [2.75, 3.05) is 13.2 Å². The molecule has 0 heterocycles. The molecule has 0 amide bonds. The Morgan fingerprint density at radius 3 is 2.69 bits per heavy atom. The minimum atomic E-state index is 0.281. The zero-order valence-corrected chi connectivity index (χ0v) is 11.2. The Labute approximate surface area is 104 Å². The van der Waals surface area contributed by atoms with Crippen molar-refractivity contribution in [3.05, 3.63) is 0 Å². The SMILES string of the molecule is CCOCC(C)NC(=S)NC1CCCCC1. The molecule has 0 bridgehead atoms. The predicted molar refractivity (Wildman–Crippen MR) is 71.7 cm³/mol. The van der Waals surface area contributed by atoms with Crippen LogP contribution in [0.2, 0.25) is 0 Å². The summed E-state index contributed by atoms with van der Waals surface area (Å²) >= 11 is 5.28. The van der Waals surface area contributed by atoms with Crippen molar-refractivity contribution in [2.45, 2.75) is 58.0 Å². The second kappa shape index (κ2) is 7.85. The maximum atomic E-state index is 5.34. The van der Waals surface area contributed by atoms with Gasteiger partial charge in [0.25, 0.3) is 0 Å². The lowest BCUT2D eigenvalue weighted by Gasteiger charge is -2.25. The number of hydrogen-bond donors (Lipinski definition) is 2. The Morgan fingerprint density at radius 2 is 2.06 bits per heavy atom. The third-order valence-electron chi connectivity index (χ3n) is 2.89. The second-order valence-electron chi connectivity index (χ2n) is 4.51. The van der Waals surface area contributed by atoms with E-state index in [2.05, 4.69) is 17.6 Å². The quantitative estimate of drug-likeness (QED) is 0.727. The van der Waals surface area contributed by atoms with Crippen molar-refractivity contribution < 1.29 is 4.74 Å². The monoisotopic (exact) mass is 244 g/mol.